The number of aromatic nitrogens is 4. The highest BCUT2D eigenvalue weighted by molar-refractivity contribution is 5.61. The summed E-state index contributed by atoms with van der Waals surface area (Å²) in [5.74, 6) is 1.25. The van der Waals surface area contributed by atoms with E-state index in [1.807, 2.05) is 39.4 Å². The number of nitro benzene ring substituents is 1. The molecule has 1 aliphatic rings. The maximum Gasteiger partial charge on any atom is 0.270 e. The van der Waals surface area contributed by atoms with Gasteiger partial charge in [-0.15, -0.1) is 0 Å². The molecule has 0 aliphatic carbocycles. The maximum atomic E-state index is 11.1. The van der Waals surface area contributed by atoms with Crippen molar-refractivity contribution in [1.82, 2.24) is 19.7 Å². The fraction of sp³-hybridized carbons (Fsp3) is 0.350. The summed E-state index contributed by atoms with van der Waals surface area (Å²) in [6.07, 6.45) is 3.78. The van der Waals surface area contributed by atoms with Crippen molar-refractivity contribution in [2.45, 2.75) is 19.4 Å². The van der Waals surface area contributed by atoms with E-state index in [4.69, 9.17) is 9.72 Å². The summed E-state index contributed by atoms with van der Waals surface area (Å²) in [5, 5.41) is 15.4. The molecule has 29 heavy (non-hydrogen) atoms. The molecule has 0 radical (unpaired) electrons. The van der Waals surface area contributed by atoms with E-state index in [0.717, 1.165) is 17.1 Å². The molecule has 1 unspecified atom stereocenters. The molecule has 1 atom stereocenters. The van der Waals surface area contributed by atoms with Crippen LogP contribution >= 0.6 is 0 Å². The van der Waals surface area contributed by atoms with Crippen molar-refractivity contribution in [1.29, 1.82) is 0 Å². The van der Waals surface area contributed by atoms with Crippen molar-refractivity contribution < 1.29 is 9.66 Å². The third-order valence-corrected chi connectivity index (χ3v) is 5.07. The molecule has 1 fully saturated rings. The summed E-state index contributed by atoms with van der Waals surface area (Å²) in [4.78, 5) is 22.1. The van der Waals surface area contributed by atoms with Gasteiger partial charge in [0.25, 0.3) is 5.69 Å². The van der Waals surface area contributed by atoms with E-state index < -0.39 is 10.5 Å². The Morgan fingerprint density at radius 3 is 2.83 bits per heavy atom. The summed E-state index contributed by atoms with van der Waals surface area (Å²) in [6, 6.07) is 8.31. The number of non-ortho nitro benzene ring substituents is 1. The lowest BCUT2D eigenvalue weighted by Gasteiger charge is -2.40. The van der Waals surface area contributed by atoms with Crippen molar-refractivity contribution in [3.63, 3.8) is 0 Å². The number of hydrogen-bond acceptors (Lipinski definition) is 7. The summed E-state index contributed by atoms with van der Waals surface area (Å²) in [6.45, 7) is 5.81. The van der Waals surface area contributed by atoms with Crippen LogP contribution in [0.2, 0.25) is 0 Å². The quantitative estimate of drug-likeness (QED) is 0.495. The normalized spacial score (nSPS) is 19.3. The van der Waals surface area contributed by atoms with Crippen molar-refractivity contribution in [2.24, 2.45) is 7.05 Å². The van der Waals surface area contributed by atoms with E-state index in [1.54, 1.807) is 16.8 Å². The second-order valence-electron chi connectivity index (χ2n) is 7.40. The highest BCUT2D eigenvalue weighted by Gasteiger charge is 2.35. The van der Waals surface area contributed by atoms with Gasteiger partial charge in [-0.05, 0) is 13.8 Å². The van der Waals surface area contributed by atoms with Gasteiger partial charge in [-0.25, -0.2) is 9.97 Å². The van der Waals surface area contributed by atoms with Crippen molar-refractivity contribution in [3.05, 3.63) is 64.1 Å². The fourth-order valence-corrected chi connectivity index (χ4v) is 3.54. The molecular weight excluding hydrogens is 372 g/mol. The lowest BCUT2D eigenvalue weighted by atomic mass is 9.97. The van der Waals surface area contributed by atoms with Crippen LogP contribution in [0, 0.1) is 17.0 Å². The van der Waals surface area contributed by atoms with E-state index in [0.29, 0.717) is 31.1 Å². The molecule has 0 N–H and O–H groups in total. The fourth-order valence-electron chi connectivity index (χ4n) is 3.54. The summed E-state index contributed by atoms with van der Waals surface area (Å²) >= 11 is 0. The highest BCUT2D eigenvalue weighted by atomic mass is 16.6. The molecular formula is C20H22N6O3. The maximum absolute atomic E-state index is 11.1. The molecule has 1 aliphatic heterocycles. The van der Waals surface area contributed by atoms with Crippen LogP contribution in [-0.4, -0.2) is 44.4 Å². The number of ether oxygens (including phenoxy) is 1. The Labute approximate surface area is 168 Å². The minimum Gasteiger partial charge on any atom is -0.367 e. The average Bonchev–Trinajstić information content (AvgIpc) is 3.15. The zero-order valence-electron chi connectivity index (χ0n) is 16.6. The first kappa shape index (κ1) is 19.0. The van der Waals surface area contributed by atoms with Gasteiger partial charge in [-0.2, -0.15) is 5.10 Å². The summed E-state index contributed by atoms with van der Waals surface area (Å²) in [5.41, 5.74) is 1.94. The first-order valence-corrected chi connectivity index (χ1v) is 9.33. The van der Waals surface area contributed by atoms with Crippen LogP contribution in [0.1, 0.15) is 18.2 Å². The number of anilines is 1. The Balaban J connectivity index is 1.67. The predicted octanol–water partition coefficient (Wildman–Crippen LogP) is 2.85. The van der Waals surface area contributed by atoms with Crippen LogP contribution in [0.25, 0.3) is 11.4 Å². The zero-order valence-corrected chi connectivity index (χ0v) is 16.6. The summed E-state index contributed by atoms with van der Waals surface area (Å²) < 4.78 is 7.85. The first-order chi connectivity index (χ1) is 13.8. The molecule has 0 amide bonds. The van der Waals surface area contributed by atoms with Gasteiger partial charge in [0, 0.05) is 54.8 Å². The van der Waals surface area contributed by atoms with Crippen LogP contribution in [0.15, 0.2) is 42.7 Å². The molecule has 9 heteroatoms. The van der Waals surface area contributed by atoms with Crippen LogP contribution in [-0.2, 0) is 17.4 Å². The van der Waals surface area contributed by atoms with Crippen LogP contribution < -0.4 is 4.90 Å². The molecule has 0 spiro atoms. The van der Waals surface area contributed by atoms with Crippen molar-refractivity contribution in [2.75, 3.05) is 24.6 Å². The molecule has 150 valence electrons. The van der Waals surface area contributed by atoms with Gasteiger partial charge < -0.3 is 9.64 Å². The van der Waals surface area contributed by atoms with Gasteiger partial charge in [0.05, 0.1) is 24.3 Å². The minimum absolute atomic E-state index is 0.0182. The number of hydrogen-bond donors (Lipinski definition) is 0. The van der Waals surface area contributed by atoms with E-state index in [2.05, 4.69) is 15.0 Å². The van der Waals surface area contributed by atoms with Crippen LogP contribution in [0.3, 0.4) is 0 Å². The zero-order chi connectivity index (χ0) is 20.6. The third kappa shape index (κ3) is 3.81. The van der Waals surface area contributed by atoms with E-state index in [-0.39, 0.29) is 5.69 Å². The monoisotopic (exact) mass is 394 g/mol. The topological polar surface area (TPSA) is 99.2 Å². The number of nitro groups is 1. The van der Waals surface area contributed by atoms with Crippen molar-refractivity contribution in [3.8, 4) is 11.4 Å². The third-order valence-electron chi connectivity index (χ3n) is 5.07. The van der Waals surface area contributed by atoms with Gasteiger partial charge in [0.1, 0.15) is 11.4 Å². The smallest absolute Gasteiger partial charge is 0.270 e. The molecule has 3 heterocycles. The second kappa shape index (κ2) is 7.25. The largest absolute Gasteiger partial charge is 0.367 e. The lowest BCUT2D eigenvalue weighted by molar-refractivity contribution is -0.384. The predicted molar refractivity (Wildman–Crippen MR) is 108 cm³/mol. The van der Waals surface area contributed by atoms with Gasteiger partial charge in [0.2, 0.25) is 0 Å². The minimum atomic E-state index is -0.503. The molecule has 1 aromatic carbocycles. The Morgan fingerprint density at radius 1 is 1.28 bits per heavy atom. The van der Waals surface area contributed by atoms with E-state index in [9.17, 15) is 10.1 Å². The van der Waals surface area contributed by atoms with Gasteiger partial charge in [-0.1, -0.05) is 12.1 Å². The lowest BCUT2D eigenvalue weighted by Crippen LogP contribution is -2.48. The van der Waals surface area contributed by atoms with E-state index in [1.165, 1.54) is 12.1 Å². The Morgan fingerprint density at radius 2 is 2.10 bits per heavy atom. The van der Waals surface area contributed by atoms with Gasteiger partial charge in [-0.3, -0.25) is 14.8 Å². The summed E-state index contributed by atoms with van der Waals surface area (Å²) in [7, 11) is 1.88. The average molecular weight is 394 g/mol. The molecule has 4 rings (SSSR count). The second-order valence-corrected chi connectivity index (χ2v) is 7.40. The molecule has 2 aromatic heterocycles. The Kier molecular flexibility index (Phi) is 4.75. The van der Waals surface area contributed by atoms with Crippen molar-refractivity contribution >= 4 is 11.5 Å². The molecule has 9 nitrogen and oxygen atoms in total. The van der Waals surface area contributed by atoms with Crippen LogP contribution in [0.5, 0.6) is 0 Å². The number of benzene rings is 1. The van der Waals surface area contributed by atoms with E-state index >= 15 is 0 Å². The van der Waals surface area contributed by atoms with Gasteiger partial charge >= 0.3 is 0 Å². The standard InChI is InChI=1S/C20H22N6O3/c1-14-9-18(23-19(22-14)15-5-4-6-17(10-15)26(27)28)25-7-8-29-20(2,13-25)16-11-21-24(3)12-16/h4-6,9-12H,7-8,13H2,1-3H3. The van der Waals surface area contributed by atoms with Gasteiger partial charge in [0.15, 0.2) is 5.82 Å². The molecule has 0 saturated carbocycles. The number of rotatable bonds is 4. The number of aryl methyl sites for hydroxylation is 2. The molecule has 0 bridgehead atoms. The SMILES string of the molecule is Cc1cc(N2CCOC(C)(c3cnn(C)c3)C2)nc(-c2cccc([N+](=O)[O-])c2)n1. The first-order valence-electron chi connectivity index (χ1n) is 9.33. The number of morpholine rings is 1. The number of nitrogens with zero attached hydrogens (tertiary/aromatic N) is 6. The Bertz CT molecular complexity index is 1070. The Hall–Kier alpha value is -3.33. The molecule has 1 saturated heterocycles. The van der Waals surface area contributed by atoms with Crippen LogP contribution in [0.4, 0.5) is 11.5 Å². The molecule has 3 aromatic rings. The highest BCUT2D eigenvalue weighted by Crippen LogP contribution is 2.32.